The lowest BCUT2D eigenvalue weighted by molar-refractivity contribution is -0.0230. The van der Waals surface area contributed by atoms with Gasteiger partial charge in [0, 0.05) is 0 Å². The number of ether oxygens (including phenoxy) is 2. The van der Waals surface area contributed by atoms with Crippen molar-refractivity contribution in [2.24, 2.45) is 0 Å². The molecule has 0 atom stereocenters. The minimum Gasteiger partial charge on any atom is -0.444 e. The molecule has 0 aromatic heterocycles. The number of hydrogen-bond donors (Lipinski definition) is 1. The van der Waals surface area contributed by atoms with Crippen molar-refractivity contribution >= 4 is 12.2 Å². The molecule has 1 heterocycles. The normalized spacial score (nSPS) is 15.9. The third-order valence-electron chi connectivity index (χ3n) is 4.89. The van der Waals surface area contributed by atoms with Crippen LogP contribution in [-0.4, -0.2) is 41.4 Å². The Bertz CT molecular complexity index is 723. The molecule has 30 heavy (non-hydrogen) atoms. The molecule has 1 aliphatic heterocycles. The highest BCUT2D eigenvalue weighted by atomic mass is 16.6. The molecule has 0 bridgehead atoms. The van der Waals surface area contributed by atoms with Gasteiger partial charge in [-0.1, -0.05) is 44.0 Å². The van der Waals surface area contributed by atoms with Crippen LogP contribution in [0.3, 0.4) is 0 Å². The Hall–Kier alpha value is -2.24. The van der Waals surface area contributed by atoms with Crippen LogP contribution in [0.4, 0.5) is 9.59 Å². The Morgan fingerprint density at radius 1 is 0.967 bits per heavy atom. The summed E-state index contributed by atoms with van der Waals surface area (Å²) in [5, 5.41) is 3.01. The summed E-state index contributed by atoms with van der Waals surface area (Å²) in [6.45, 7) is 13.9. The van der Waals surface area contributed by atoms with Crippen LogP contribution in [0.1, 0.15) is 78.9 Å². The first-order valence-corrected chi connectivity index (χ1v) is 10.9. The number of hydrogen-bond acceptors (Lipinski definition) is 4. The molecule has 1 saturated heterocycles. The highest BCUT2D eigenvalue weighted by molar-refractivity contribution is 5.73. The van der Waals surface area contributed by atoms with Gasteiger partial charge < -0.3 is 19.7 Å². The summed E-state index contributed by atoms with van der Waals surface area (Å²) in [5.74, 6) is 0. The van der Waals surface area contributed by atoms with Crippen LogP contribution in [0.15, 0.2) is 24.3 Å². The molecule has 0 aliphatic carbocycles. The van der Waals surface area contributed by atoms with Crippen molar-refractivity contribution < 1.29 is 19.1 Å². The maximum atomic E-state index is 12.5. The van der Waals surface area contributed by atoms with E-state index in [0.29, 0.717) is 13.1 Å². The van der Waals surface area contributed by atoms with E-state index in [1.54, 1.807) is 4.90 Å². The second-order valence-corrected chi connectivity index (χ2v) is 10.2. The zero-order valence-corrected chi connectivity index (χ0v) is 19.6. The third-order valence-corrected chi connectivity index (χ3v) is 4.89. The van der Waals surface area contributed by atoms with Crippen LogP contribution in [0.5, 0.6) is 0 Å². The van der Waals surface area contributed by atoms with E-state index < -0.39 is 22.8 Å². The Labute approximate surface area is 181 Å². The number of rotatable bonds is 6. The molecule has 6 nitrogen and oxygen atoms in total. The van der Waals surface area contributed by atoms with Crippen molar-refractivity contribution in [2.75, 3.05) is 13.1 Å². The molecule has 1 aromatic rings. The predicted octanol–water partition coefficient (Wildman–Crippen LogP) is 5.39. The van der Waals surface area contributed by atoms with Crippen molar-refractivity contribution in [2.45, 2.75) is 90.9 Å². The van der Waals surface area contributed by atoms with E-state index in [1.807, 2.05) is 53.7 Å². The Morgan fingerprint density at radius 3 is 2.03 bits per heavy atom. The van der Waals surface area contributed by atoms with Crippen LogP contribution >= 0.6 is 0 Å². The molecule has 1 aromatic carbocycles. The van der Waals surface area contributed by atoms with Crippen molar-refractivity contribution in [1.29, 1.82) is 0 Å². The van der Waals surface area contributed by atoms with E-state index in [9.17, 15) is 9.59 Å². The lowest BCUT2D eigenvalue weighted by Gasteiger charge is -2.50. The largest absolute Gasteiger partial charge is 0.444 e. The van der Waals surface area contributed by atoms with Gasteiger partial charge in [0.15, 0.2) is 0 Å². The van der Waals surface area contributed by atoms with Gasteiger partial charge >= 0.3 is 12.2 Å². The van der Waals surface area contributed by atoms with Crippen LogP contribution in [-0.2, 0) is 21.4 Å². The summed E-state index contributed by atoms with van der Waals surface area (Å²) in [4.78, 5) is 26.6. The average Bonchev–Trinajstić information content (AvgIpc) is 2.55. The maximum Gasteiger partial charge on any atom is 0.410 e. The smallest absolute Gasteiger partial charge is 0.410 e. The van der Waals surface area contributed by atoms with Crippen molar-refractivity contribution in [1.82, 2.24) is 10.2 Å². The zero-order valence-electron chi connectivity index (χ0n) is 19.6. The Balaban J connectivity index is 2.15. The Morgan fingerprint density at radius 2 is 1.53 bits per heavy atom. The molecule has 168 valence electrons. The van der Waals surface area contributed by atoms with E-state index >= 15 is 0 Å². The number of carbonyl (C=O) groups excluding carboxylic acids is 2. The van der Waals surface area contributed by atoms with E-state index in [0.717, 1.165) is 12.0 Å². The summed E-state index contributed by atoms with van der Waals surface area (Å²) in [5.41, 5.74) is 0.411. The van der Waals surface area contributed by atoms with Crippen LogP contribution in [0.2, 0.25) is 0 Å². The average molecular weight is 419 g/mol. The molecular formula is C24H38N2O4. The second kappa shape index (κ2) is 9.27. The van der Waals surface area contributed by atoms with E-state index in [-0.39, 0.29) is 6.09 Å². The summed E-state index contributed by atoms with van der Waals surface area (Å²) in [7, 11) is 0. The molecule has 2 rings (SSSR count). The first kappa shape index (κ1) is 24.0. The van der Waals surface area contributed by atoms with Gasteiger partial charge in [0.1, 0.15) is 16.7 Å². The van der Waals surface area contributed by atoms with Gasteiger partial charge in [-0.25, -0.2) is 9.59 Å². The van der Waals surface area contributed by atoms with Crippen molar-refractivity contribution in [3.8, 4) is 0 Å². The van der Waals surface area contributed by atoms with Crippen molar-refractivity contribution in [3.63, 3.8) is 0 Å². The summed E-state index contributed by atoms with van der Waals surface area (Å²) in [6.07, 6.45) is 3.77. The number of benzene rings is 1. The topological polar surface area (TPSA) is 67.9 Å². The fraction of sp³-hybridized carbons (Fsp3) is 0.667. The third kappa shape index (κ3) is 6.92. The molecule has 0 radical (unpaired) electrons. The Kier molecular flexibility index (Phi) is 7.43. The van der Waals surface area contributed by atoms with Gasteiger partial charge in [-0.05, 0) is 65.5 Å². The fourth-order valence-electron chi connectivity index (χ4n) is 3.46. The van der Waals surface area contributed by atoms with Gasteiger partial charge in [0.25, 0.3) is 0 Å². The van der Waals surface area contributed by atoms with Crippen LogP contribution < -0.4 is 5.32 Å². The first-order chi connectivity index (χ1) is 13.8. The van der Waals surface area contributed by atoms with Crippen molar-refractivity contribution in [3.05, 3.63) is 35.4 Å². The number of aryl methyl sites for hydroxylation is 1. The van der Waals surface area contributed by atoms with E-state index in [4.69, 9.17) is 9.47 Å². The molecule has 6 heteroatoms. The van der Waals surface area contributed by atoms with Gasteiger partial charge in [-0.15, -0.1) is 0 Å². The lowest BCUT2D eigenvalue weighted by Crippen LogP contribution is -2.69. The number of likely N-dealkylation sites (tertiary alicyclic amines) is 1. The number of unbranched alkanes of at least 4 members (excludes halogenated alkanes) is 2. The fourth-order valence-corrected chi connectivity index (χ4v) is 3.46. The minimum absolute atomic E-state index is 0.344. The van der Waals surface area contributed by atoms with Crippen LogP contribution in [0, 0.1) is 0 Å². The molecule has 0 unspecified atom stereocenters. The molecule has 1 fully saturated rings. The van der Waals surface area contributed by atoms with Gasteiger partial charge in [-0.2, -0.15) is 0 Å². The second-order valence-electron chi connectivity index (χ2n) is 10.2. The van der Waals surface area contributed by atoms with E-state index in [1.165, 1.54) is 24.8 Å². The monoisotopic (exact) mass is 418 g/mol. The first-order valence-electron chi connectivity index (χ1n) is 10.9. The van der Waals surface area contributed by atoms with Gasteiger partial charge in [0.2, 0.25) is 0 Å². The molecule has 2 amide bonds. The van der Waals surface area contributed by atoms with Gasteiger partial charge in [0.05, 0.1) is 13.1 Å². The molecular weight excluding hydrogens is 380 g/mol. The summed E-state index contributed by atoms with van der Waals surface area (Å²) >= 11 is 0. The van der Waals surface area contributed by atoms with E-state index in [2.05, 4.69) is 24.4 Å². The molecule has 0 saturated carbocycles. The lowest BCUT2D eigenvalue weighted by atomic mass is 9.82. The zero-order chi connectivity index (χ0) is 22.6. The minimum atomic E-state index is -0.679. The van der Waals surface area contributed by atoms with Crippen LogP contribution in [0.25, 0.3) is 0 Å². The standard InChI is InChI=1S/C24H38N2O4/c1-8-9-10-11-18-12-14-19(15-13-18)24(25-20(27)29-22(2,3)4)16-26(17-24)21(28)30-23(5,6)7/h12-15H,8-11,16-17H2,1-7H3,(H,25,27). The number of nitrogens with one attached hydrogen (secondary N) is 1. The molecule has 1 N–H and O–H groups in total. The molecule has 0 spiro atoms. The number of carbonyl (C=O) groups is 2. The SMILES string of the molecule is CCCCCc1ccc(C2(NC(=O)OC(C)(C)C)CN(C(=O)OC(C)(C)C)C2)cc1. The highest BCUT2D eigenvalue weighted by Gasteiger charge is 2.49. The predicted molar refractivity (Wildman–Crippen MR) is 119 cm³/mol. The summed E-state index contributed by atoms with van der Waals surface area (Å²) < 4.78 is 10.9. The quantitative estimate of drug-likeness (QED) is 0.629. The highest BCUT2D eigenvalue weighted by Crippen LogP contribution is 2.34. The summed E-state index contributed by atoms with van der Waals surface area (Å²) in [6, 6.07) is 8.31. The number of nitrogens with zero attached hydrogens (tertiary/aromatic N) is 1. The number of alkyl carbamates (subject to hydrolysis) is 1. The maximum absolute atomic E-state index is 12.5. The van der Waals surface area contributed by atoms with Gasteiger partial charge in [-0.3, -0.25) is 0 Å². The number of amides is 2. The molecule has 1 aliphatic rings.